The van der Waals surface area contributed by atoms with Crippen LogP contribution < -0.4 is 0 Å². The van der Waals surface area contributed by atoms with E-state index in [0.29, 0.717) is 37.3 Å². The van der Waals surface area contributed by atoms with Gasteiger partial charge in [-0.1, -0.05) is 6.92 Å². The third-order valence-electron chi connectivity index (χ3n) is 7.05. The predicted molar refractivity (Wildman–Crippen MR) is 82.0 cm³/mol. The van der Waals surface area contributed by atoms with Crippen molar-refractivity contribution in [1.29, 1.82) is 0 Å². The Balaban J connectivity index is 1.45. The van der Waals surface area contributed by atoms with Crippen molar-refractivity contribution in [3.05, 3.63) is 0 Å². The third-order valence-corrected chi connectivity index (χ3v) is 7.05. The molecule has 1 amide bonds. The summed E-state index contributed by atoms with van der Waals surface area (Å²) in [4.78, 5) is 26.3. The Hall–Kier alpha value is -1.06. The Morgan fingerprint density at radius 1 is 1.00 bits per heavy atom. The Morgan fingerprint density at radius 3 is 2.09 bits per heavy atom. The summed E-state index contributed by atoms with van der Waals surface area (Å²) in [5, 5.41) is 9.24. The maximum atomic E-state index is 13.1. The highest BCUT2D eigenvalue weighted by Gasteiger charge is 2.52. The Kier molecular flexibility index (Phi) is 3.46. The monoisotopic (exact) mass is 305 g/mol. The molecule has 1 saturated heterocycles. The SMILES string of the molecule is CC1CN(C(=O)C2C3CC4CC(C3)CC2C4)CCC1C(=O)O. The number of aliphatic carboxylic acids is 1. The number of hydrogen-bond acceptors (Lipinski definition) is 2. The molecule has 4 heteroatoms. The smallest absolute Gasteiger partial charge is 0.306 e. The van der Waals surface area contributed by atoms with Crippen LogP contribution in [-0.2, 0) is 9.59 Å². The molecule has 1 N–H and O–H groups in total. The summed E-state index contributed by atoms with van der Waals surface area (Å²) in [5.41, 5.74) is 0. The number of amides is 1. The number of hydrogen-bond donors (Lipinski definition) is 1. The normalized spacial score (nSPS) is 46.8. The van der Waals surface area contributed by atoms with Crippen LogP contribution in [0.5, 0.6) is 0 Å². The van der Waals surface area contributed by atoms with E-state index in [-0.39, 0.29) is 17.8 Å². The van der Waals surface area contributed by atoms with Gasteiger partial charge >= 0.3 is 5.97 Å². The first-order valence-corrected chi connectivity index (χ1v) is 9.04. The first kappa shape index (κ1) is 14.5. The van der Waals surface area contributed by atoms with Crippen LogP contribution in [0.2, 0.25) is 0 Å². The number of carbonyl (C=O) groups excluding carboxylic acids is 1. The largest absolute Gasteiger partial charge is 0.481 e. The fraction of sp³-hybridized carbons (Fsp3) is 0.889. The van der Waals surface area contributed by atoms with Gasteiger partial charge in [0.1, 0.15) is 0 Å². The molecule has 2 unspecified atom stereocenters. The van der Waals surface area contributed by atoms with E-state index in [1.807, 2.05) is 11.8 Å². The maximum Gasteiger partial charge on any atom is 0.306 e. The highest BCUT2D eigenvalue weighted by Crippen LogP contribution is 2.57. The first-order valence-electron chi connectivity index (χ1n) is 9.04. The molecular weight excluding hydrogens is 278 g/mol. The Morgan fingerprint density at radius 2 is 1.59 bits per heavy atom. The molecule has 5 rings (SSSR count). The zero-order chi connectivity index (χ0) is 15.4. The van der Waals surface area contributed by atoms with Gasteiger partial charge in [0.2, 0.25) is 5.91 Å². The van der Waals surface area contributed by atoms with Crippen LogP contribution in [0.1, 0.15) is 45.4 Å². The van der Waals surface area contributed by atoms with Gasteiger partial charge in [-0.25, -0.2) is 0 Å². The fourth-order valence-corrected chi connectivity index (χ4v) is 6.25. The van der Waals surface area contributed by atoms with Gasteiger partial charge in [0.25, 0.3) is 0 Å². The minimum Gasteiger partial charge on any atom is -0.481 e. The van der Waals surface area contributed by atoms with Crippen LogP contribution in [0, 0.1) is 41.4 Å². The van der Waals surface area contributed by atoms with E-state index < -0.39 is 5.97 Å². The molecule has 2 atom stereocenters. The summed E-state index contributed by atoms with van der Waals surface area (Å²) in [5.74, 6) is 2.73. The van der Waals surface area contributed by atoms with Gasteiger partial charge in [-0.2, -0.15) is 0 Å². The molecule has 1 aliphatic heterocycles. The lowest BCUT2D eigenvalue weighted by molar-refractivity contribution is -0.156. The van der Waals surface area contributed by atoms with Crippen LogP contribution in [0.3, 0.4) is 0 Å². The van der Waals surface area contributed by atoms with Crippen molar-refractivity contribution in [3.63, 3.8) is 0 Å². The van der Waals surface area contributed by atoms with Crippen molar-refractivity contribution in [2.75, 3.05) is 13.1 Å². The average Bonchev–Trinajstić information content (AvgIpc) is 2.45. The molecule has 22 heavy (non-hydrogen) atoms. The zero-order valence-corrected chi connectivity index (χ0v) is 13.4. The lowest BCUT2D eigenvalue weighted by Gasteiger charge is -2.54. The molecule has 0 radical (unpaired) electrons. The average molecular weight is 305 g/mol. The second-order valence-corrected chi connectivity index (χ2v) is 8.45. The van der Waals surface area contributed by atoms with Gasteiger partial charge in [-0.15, -0.1) is 0 Å². The molecule has 0 spiro atoms. The van der Waals surface area contributed by atoms with E-state index in [2.05, 4.69) is 0 Å². The quantitative estimate of drug-likeness (QED) is 0.853. The predicted octanol–water partition coefficient (Wildman–Crippen LogP) is 2.63. The second kappa shape index (κ2) is 5.24. The molecule has 1 heterocycles. The second-order valence-electron chi connectivity index (χ2n) is 8.45. The van der Waals surface area contributed by atoms with E-state index in [1.54, 1.807) is 0 Å². The molecule has 0 aromatic rings. The van der Waals surface area contributed by atoms with Gasteiger partial charge in [0.15, 0.2) is 0 Å². The zero-order valence-electron chi connectivity index (χ0n) is 13.4. The van der Waals surface area contributed by atoms with Crippen LogP contribution in [0.4, 0.5) is 0 Å². The van der Waals surface area contributed by atoms with Gasteiger partial charge in [0.05, 0.1) is 5.92 Å². The summed E-state index contributed by atoms with van der Waals surface area (Å²) < 4.78 is 0. The molecule has 0 aromatic heterocycles. The fourth-order valence-electron chi connectivity index (χ4n) is 6.25. The minimum absolute atomic E-state index is 0.0760. The van der Waals surface area contributed by atoms with E-state index >= 15 is 0 Å². The number of likely N-dealkylation sites (tertiary alicyclic amines) is 1. The van der Waals surface area contributed by atoms with Crippen LogP contribution >= 0.6 is 0 Å². The number of carbonyl (C=O) groups is 2. The molecule has 122 valence electrons. The highest BCUT2D eigenvalue weighted by molar-refractivity contribution is 5.80. The molecule has 4 bridgehead atoms. The van der Waals surface area contributed by atoms with Crippen molar-refractivity contribution >= 4 is 11.9 Å². The lowest BCUT2D eigenvalue weighted by Crippen LogP contribution is -2.54. The molecule has 5 aliphatic rings. The number of carboxylic acid groups (broad SMARTS) is 1. The molecule has 4 aliphatic carbocycles. The van der Waals surface area contributed by atoms with Gasteiger partial charge in [-0.05, 0) is 68.1 Å². The summed E-state index contributed by atoms with van der Waals surface area (Å²) in [6, 6.07) is 0. The summed E-state index contributed by atoms with van der Waals surface area (Å²) in [7, 11) is 0. The Labute approximate surface area is 132 Å². The van der Waals surface area contributed by atoms with Gasteiger partial charge in [-0.3, -0.25) is 9.59 Å². The van der Waals surface area contributed by atoms with E-state index in [1.165, 1.54) is 32.1 Å². The van der Waals surface area contributed by atoms with Gasteiger partial charge in [0, 0.05) is 19.0 Å². The highest BCUT2D eigenvalue weighted by atomic mass is 16.4. The molecule has 5 fully saturated rings. The minimum atomic E-state index is -0.700. The molecule has 0 aromatic carbocycles. The van der Waals surface area contributed by atoms with E-state index in [0.717, 1.165) is 11.8 Å². The van der Waals surface area contributed by atoms with Crippen molar-refractivity contribution in [1.82, 2.24) is 4.90 Å². The van der Waals surface area contributed by atoms with E-state index in [9.17, 15) is 14.7 Å². The van der Waals surface area contributed by atoms with E-state index in [4.69, 9.17) is 0 Å². The van der Waals surface area contributed by atoms with Crippen molar-refractivity contribution in [2.24, 2.45) is 41.4 Å². The summed E-state index contributed by atoms with van der Waals surface area (Å²) in [6.45, 7) is 3.26. The van der Waals surface area contributed by atoms with Crippen LogP contribution in [0.15, 0.2) is 0 Å². The molecule has 4 saturated carbocycles. The summed E-state index contributed by atoms with van der Waals surface area (Å²) >= 11 is 0. The third kappa shape index (κ3) is 2.26. The van der Waals surface area contributed by atoms with Crippen LogP contribution in [-0.4, -0.2) is 35.0 Å². The standard InChI is InChI=1S/C18H27NO3/c1-10-9-19(3-2-15(10)18(21)22)17(20)16-13-5-11-4-12(7-13)8-14(16)6-11/h10-16H,2-9H2,1H3,(H,21,22). The maximum absolute atomic E-state index is 13.1. The number of piperidine rings is 1. The Bertz CT molecular complexity index is 461. The van der Waals surface area contributed by atoms with Crippen molar-refractivity contribution < 1.29 is 14.7 Å². The topological polar surface area (TPSA) is 57.6 Å². The molecular formula is C18H27NO3. The number of rotatable bonds is 2. The number of carboxylic acids is 1. The molecule has 4 nitrogen and oxygen atoms in total. The summed E-state index contributed by atoms with van der Waals surface area (Å²) in [6.07, 6.45) is 7.11. The van der Waals surface area contributed by atoms with Crippen LogP contribution in [0.25, 0.3) is 0 Å². The number of nitrogens with zero attached hydrogens (tertiary/aromatic N) is 1. The van der Waals surface area contributed by atoms with Crippen molar-refractivity contribution in [2.45, 2.75) is 45.4 Å². The van der Waals surface area contributed by atoms with Gasteiger partial charge < -0.3 is 10.0 Å². The first-order chi connectivity index (χ1) is 10.5. The lowest BCUT2D eigenvalue weighted by atomic mass is 9.51. The van der Waals surface area contributed by atoms with Crippen molar-refractivity contribution in [3.8, 4) is 0 Å².